The minimum atomic E-state index is -1.15. The van der Waals surface area contributed by atoms with Crippen molar-refractivity contribution in [1.29, 1.82) is 0 Å². The number of allylic oxidation sites excluding steroid dienone is 12. The maximum atomic E-state index is 11.9. The lowest BCUT2D eigenvalue weighted by Gasteiger charge is -2.13. The Labute approximate surface area is 204 Å². The molecule has 34 heavy (non-hydrogen) atoms. The van der Waals surface area contributed by atoms with Gasteiger partial charge >= 0.3 is 11.9 Å². The van der Waals surface area contributed by atoms with E-state index in [-0.39, 0.29) is 31.6 Å². The molecule has 0 fully saturated rings. The van der Waals surface area contributed by atoms with Crippen LogP contribution in [0.2, 0.25) is 0 Å². The van der Waals surface area contributed by atoms with Crippen LogP contribution >= 0.6 is 0 Å². The van der Waals surface area contributed by atoms with E-state index in [4.69, 9.17) is 10.2 Å². The first-order valence-electron chi connectivity index (χ1n) is 12.1. The van der Waals surface area contributed by atoms with Crippen molar-refractivity contribution in [1.82, 2.24) is 5.32 Å². The number of hydrogen-bond acceptors (Lipinski definition) is 3. The molecule has 3 N–H and O–H groups in total. The van der Waals surface area contributed by atoms with Crippen LogP contribution in [0.5, 0.6) is 0 Å². The molecule has 0 aliphatic carbocycles. The summed E-state index contributed by atoms with van der Waals surface area (Å²) < 4.78 is 0. The fourth-order valence-electron chi connectivity index (χ4n) is 2.84. The number of hydrogen-bond donors (Lipinski definition) is 3. The van der Waals surface area contributed by atoms with Gasteiger partial charge < -0.3 is 15.5 Å². The SMILES string of the molecule is CC/C=C\C/C=C\C/C=C\C/C=C\C/C=C\C/C=C\CCC(=O)N[C@H](CCCC(=O)O)C(=O)O. The summed E-state index contributed by atoms with van der Waals surface area (Å²) >= 11 is 0. The lowest BCUT2D eigenvalue weighted by atomic mass is 10.1. The zero-order chi connectivity index (χ0) is 25.3. The normalized spacial score (nSPS) is 13.3. The topological polar surface area (TPSA) is 104 Å². The van der Waals surface area contributed by atoms with Gasteiger partial charge in [-0.05, 0) is 57.8 Å². The molecule has 0 aliphatic heterocycles. The quantitative estimate of drug-likeness (QED) is 0.181. The number of amides is 1. The van der Waals surface area contributed by atoms with E-state index in [1.807, 2.05) is 12.2 Å². The molecule has 0 saturated carbocycles. The fraction of sp³-hybridized carbons (Fsp3) is 0.464. The molecule has 0 heterocycles. The first kappa shape index (κ1) is 30.9. The summed E-state index contributed by atoms with van der Waals surface area (Å²) in [5.74, 6) is -2.47. The van der Waals surface area contributed by atoms with Crippen molar-refractivity contribution >= 4 is 17.8 Å². The Morgan fingerprint density at radius 2 is 1.12 bits per heavy atom. The minimum Gasteiger partial charge on any atom is -0.481 e. The van der Waals surface area contributed by atoms with Crippen LogP contribution in [0.25, 0.3) is 0 Å². The van der Waals surface area contributed by atoms with Crippen LogP contribution in [0.1, 0.15) is 77.6 Å². The average molecular weight is 472 g/mol. The zero-order valence-corrected chi connectivity index (χ0v) is 20.4. The highest BCUT2D eigenvalue weighted by Gasteiger charge is 2.19. The summed E-state index contributed by atoms with van der Waals surface area (Å²) in [6.07, 6.45) is 32.0. The highest BCUT2D eigenvalue weighted by molar-refractivity contribution is 5.83. The maximum Gasteiger partial charge on any atom is 0.326 e. The van der Waals surface area contributed by atoms with Gasteiger partial charge in [0.1, 0.15) is 6.04 Å². The molecule has 0 radical (unpaired) electrons. The average Bonchev–Trinajstić information content (AvgIpc) is 2.79. The largest absolute Gasteiger partial charge is 0.481 e. The van der Waals surface area contributed by atoms with E-state index in [1.54, 1.807) is 0 Å². The number of carbonyl (C=O) groups is 3. The van der Waals surface area contributed by atoms with E-state index in [2.05, 4.69) is 73.0 Å². The summed E-state index contributed by atoms with van der Waals surface area (Å²) in [5.41, 5.74) is 0. The Morgan fingerprint density at radius 1 is 0.676 bits per heavy atom. The Hall–Kier alpha value is -3.15. The second-order valence-corrected chi connectivity index (χ2v) is 7.70. The first-order chi connectivity index (χ1) is 16.5. The van der Waals surface area contributed by atoms with E-state index in [0.29, 0.717) is 6.42 Å². The number of nitrogens with one attached hydrogen (secondary N) is 1. The molecule has 0 bridgehead atoms. The molecule has 0 saturated heterocycles. The van der Waals surface area contributed by atoms with Gasteiger partial charge in [0.2, 0.25) is 5.91 Å². The standard InChI is InChI=1S/C28H41NO5/c1-2-3-4-5-6-7-8-9-10-11-12-13-14-15-16-17-18-19-20-23-26(30)29-25(28(33)34)22-21-24-27(31)32/h3-4,6-7,9-10,12-13,15-16,18-19,25H,2,5,8,11,14,17,20-24H2,1H3,(H,29,30)(H,31,32)(H,33,34)/b4-3-,7-6-,10-9-,13-12-,16-15-,19-18-/t25-/m1/s1. The Morgan fingerprint density at radius 3 is 1.53 bits per heavy atom. The summed E-state index contributed by atoms with van der Waals surface area (Å²) in [6.45, 7) is 2.13. The van der Waals surface area contributed by atoms with Crippen molar-refractivity contribution in [3.63, 3.8) is 0 Å². The zero-order valence-electron chi connectivity index (χ0n) is 20.4. The molecule has 0 rings (SSSR count). The molecule has 0 aromatic rings. The van der Waals surface area contributed by atoms with E-state index >= 15 is 0 Å². The molecule has 0 aliphatic rings. The van der Waals surface area contributed by atoms with Gasteiger partial charge in [0.15, 0.2) is 0 Å². The lowest BCUT2D eigenvalue weighted by Crippen LogP contribution is -2.40. The summed E-state index contributed by atoms with van der Waals surface area (Å²) in [4.78, 5) is 33.6. The summed E-state index contributed by atoms with van der Waals surface area (Å²) in [6, 6.07) is -1.04. The third-order valence-corrected chi connectivity index (χ3v) is 4.65. The van der Waals surface area contributed by atoms with Crippen molar-refractivity contribution in [2.24, 2.45) is 0 Å². The summed E-state index contributed by atoms with van der Waals surface area (Å²) in [7, 11) is 0. The van der Waals surface area contributed by atoms with E-state index in [9.17, 15) is 14.4 Å². The van der Waals surface area contributed by atoms with Crippen molar-refractivity contribution in [3.05, 3.63) is 72.9 Å². The molecule has 1 atom stereocenters. The molecule has 0 aromatic heterocycles. The van der Waals surface area contributed by atoms with E-state index in [1.165, 1.54) is 0 Å². The van der Waals surface area contributed by atoms with Gasteiger partial charge in [0.25, 0.3) is 0 Å². The van der Waals surface area contributed by atoms with Gasteiger partial charge in [0.05, 0.1) is 0 Å². The second-order valence-electron chi connectivity index (χ2n) is 7.70. The highest BCUT2D eigenvalue weighted by atomic mass is 16.4. The second kappa shape index (κ2) is 23.0. The smallest absolute Gasteiger partial charge is 0.326 e. The maximum absolute atomic E-state index is 11.9. The Balaban J connectivity index is 3.84. The van der Waals surface area contributed by atoms with Gasteiger partial charge in [-0.15, -0.1) is 0 Å². The fourth-order valence-corrected chi connectivity index (χ4v) is 2.84. The minimum absolute atomic E-state index is 0.104. The highest BCUT2D eigenvalue weighted by Crippen LogP contribution is 2.03. The predicted octanol–water partition coefficient (Wildman–Crippen LogP) is 6.29. The number of aliphatic carboxylic acids is 2. The van der Waals surface area contributed by atoms with Gasteiger partial charge in [-0.1, -0.05) is 79.8 Å². The summed E-state index contributed by atoms with van der Waals surface area (Å²) in [5, 5.41) is 20.2. The molecule has 0 aromatic carbocycles. The molecule has 0 spiro atoms. The molecular weight excluding hydrogens is 430 g/mol. The van der Waals surface area contributed by atoms with Crippen LogP contribution in [0.4, 0.5) is 0 Å². The van der Waals surface area contributed by atoms with E-state index < -0.39 is 18.0 Å². The number of carbonyl (C=O) groups excluding carboxylic acids is 1. The van der Waals surface area contributed by atoms with Crippen LogP contribution in [-0.2, 0) is 14.4 Å². The van der Waals surface area contributed by atoms with Crippen LogP contribution < -0.4 is 5.32 Å². The monoisotopic (exact) mass is 471 g/mol. The van der Waals surface area contributed by atoms with Crippen molar-refractivity contribution in [2.45, 2.75) is 83.6 Å². The third-order valence-electron chi connectivity index (χ3n) is 4.65. The lowest BCUT2D eigenvalue weighted by molar-refractivity contribution is -0.142. The van der Waals surface area contributed by atoms with Crippen LogP contribution in [0.15, 0.2) is 72.9 Å². The van der Waals surface area contributed by atoms with Gasteiger partial charge in [-0.2, -0.15) is 0 Å². The first-order valence-corrected chi connectivity index (χ1v) is 12.1. The molecule has 6 heteroatoms. The third kappa shape index (κ3) is 22.1. The van der Waals surface area contributed by atoms with Crippen LogP contribution in [-0.4, -0.2) is 34.1 Å². The molecule has 188 valence electrons. The van der Waals surface area contributed by atoms with Gasteiger partial charge in [-0.25, -0.2) is 4.79 Å². The van der Waals surface area contributed by atoms with Crippen molar-refractivity contribution in [3.8, 4) is 0 Å². The van der Waals surface area contributed by atoms with Crippen LogP contribution in [0.3, 0.4) is 0 Å². The predicted molar refractivity (Wildman–Crippen MR) is 139 cm³/mol. The molecule has 0 unspecified atom stereocenters. The number of carboxylic acids is 2. The number of rotatable bonds is 20. The Bertz CT molecular complexity index is 744. The Kier molecular flexibility index (Phi) is 20.9. The molecule has 1 amide bonds. The van der Waals surface area contributed by atoms with Crippen LogP contribution in [0, 0.1) is 0 Å². The van der Waals surface area contributed by atoms with Crippen molar-refractivity contribution in [2.75, 3.05) is 0 Å². The van der Waals surface area contributed by atoms with Gasteiger partial charge in [0, 0.05) is 12.8 Å². The molecule has 6 nitrogen and oxygen atoms in total. The van der Waals surface area contributed by atoms with Crippen molar-refractivity contribution < 1.29 is 24.6 Å². The van der Waals surface area contributed by atoms with E-state index in [0.717, 1.165) is 38.5 Å². The number of carboxylic acid groups (broad SMARTS) is 2. The van der Waals surface area contributed by atoms with Gasteiger partial charge in [-0.3, -0.25) is 9.59 Å². The molecular formula is C28H41NO5.